The van der Waals surface area contributed by atoms with Gasteiger partial charge in [-0.1, -0.05) is 48.5 Å². The molecule has 0 radical (unpaired) electrons. The fourth-order valence-electron chi connectivity index (χ4n) is 4.46. The van der Waals surface area contributed by atoms with Crippen LogP contribution >= 0.6 is 0 Å². The van der Waals surface area contributed by atoms with Crippen molar-refractivity contribution in [3.05, 3.63) is 70.8 Å². The van der Waals surface area contributed by atoms with Gasteiger partial charge >= 0.3 is 5.97 Å². The van der Waals surface area contributed by atoms with Crippen molar-refractivity contribution >= 4 is 5.97 Å². The van der Waals surface area contributed by atoms with Crippen LogP contribution in [-0.4, -0.2) is 55.1 Å². The van der Waals surface area contributed by atoms with Crippen molar-refractivity contribution in [2.75, 3.05) is 39.3 Å². The smallest absolute Gasteiger partial charge is 0.320 e. The molecule has 2 aromatic rings. The molecule has 1 aliphatic heterocycles. The summed E-state index contributed by atoms with van der Waals surface area (Å²) in [5.74, 6) is -0.115. The van der Waals surface area contributed by atoms with Crippen LogP contribution in [0.5, 0.6) is 0 Å². The lowest BCUT2D eigenvalue weighted by atomic mass is 9.93. The van der Waals surface area contributed by atoms with Gasteiger partial charge in [-0.3, -0.25) is 14.6 Å². The first-order valence-electron chi connectivity index (χ1n) is 10.0. The summed E-state index contributed by atoms with van der Waals surface area (Å²) in [6.07, 6.45) is 2.21. The summed E-state index contributed by atoms with van der Waals surface area (Å²) in [7, 11) is 0. The first-order chi connectivity index (χ1) is 13.3. The van der Waals surface area contributed by atoms with Crippen molar-refractivity contribution in [1.29, 1.82) is 0 Å². The summed E-state index contributed by atoms with van der Waals surface area (Å²) < 4.78 is 5.10. The van der Waals surface area contributed by atoms with Crippen LogP contribution in [0.1, 0.15) is 35.2 Å². The average Bonchev–Trinajstić information content (AvgIpc) is 2.86. The van der Waals surface area contributed by atoms with Crippen molar-refractivity contribution in [2.24, 2.45) is 0 Å². The van der Waals surface area contributed by atoms with E-state index in [9.17, 15) is 4.79 Å². The molecule has 4 nitrogen and oxygen atoms in total. The fourth-order valence-corrected chi connectivity index (χ4v) is 4.46. The van der Waals surface area contributed by atoms with Crippen LogP contribution in [0.4, 0.5) is 0 Å². The normalized spacial score (nSPS) is 18.4. The Kier molecular flexibility index (Phi) is 5.55. The van der Waals surface area contributed by atoms with E-state index in [0.29, 0.717) is 19.2 Å². The lowest BCUT2D eigenvalue weighted by molar-refractivity contribution is -0.144. The van der Waals surface area contributed by atoms with Crippen LogP contribution in [0.15, 0.2) is 48.5 Å². The number of rotatable bonds is 4. The number of nitrogens with zero attached hydrogens (tertiary/aromatic N) is 2. The molecule has 0 N–H and O–H groups in total. The van der Waals surface area contributed by atoms with Gasteiger partial charge in [0.25, 0.3) is 0 Å². The molecule has 0 aromatic heterocycles. The highest BCUT2D eigenvalue weighted by atomic mass is 16.5. The Morgan fingerprint density at radius 1 is 0.926 bits per heavy atom. The van der Waals surface area contributed by atoms with E-state index < -0.39 is 0 Å². The molecule has 1 saturated heterocycles. The monoisotopic (exact) mass is 364 g/mol. The lowest BCUT2D eigenvalue weighted by Gasteiger charge is -2.40. The second kappa shape index (κ2) is 8.24. The van der Waals surface area contributed by atoms with Gasteiger partial charge in [-0.2, -0.15) is 0 Å². The van der Waals surface area contributed by atoms with E-state index in [4.69, 9.17) is 4.74 Å². The molecule has 0 unspecified atom stereocenters. The molecule has 1 heterocycles. The number of carbonyl (C=O) groups is 1. The number of hydrogen-bond donors (Lipinski definition) is 0. The minimum absolute atomic E-state index is 0.115. The number of fused-ring (bicyclic) bond motifs is 2. The molecule has 4 rings (SSSR count). The van der Waals surface area contributed by atoms with Crippen LogP contribution in [0.2, 0.25) is 0 Å². The maximum atomic E-state index is 11.8. The van der Waals surface area contributed by atoms with Gasteiger partial charge in [0.05, 0.1) is 19.2 Å². The Balaban J connectivity index is 1.56. The van der Waals surface area contributed by atoms with Crippen LogP contribution in [-0.2, 0) is 22.4 Å². The second-order valence-electron chi connectivity index (χ2n) is 7.42. The molecule has 27 heavy (non-hydrogen) atoms. The zero-order chi connectivity index (χ0) is 18.6. The molecule has 0 atom stereocenters. The number of hydrogen-bond acceptors (Lipinski definition) is 4. The zero-order valence-corrected chi connectivity index (χ0v) is 16.1. The number of aryl methyl sites for hydroxylation is 2. The maximum Gasteiger partial charge on any atom is 0.320 e. The second-order valence-corrected chi connectivity index (χ2v) is 7.42. The van der Waals surface area contributed by atoms with Crippen molar-refractivity contribution in [1.82, 2.24) is 9.80 Å². The summed E-state index contributed by atoms with van der Waals surface area (Å²) in [6.45, 7) is 6.45. The average molecular weight is 364 g/mol. The first kappa shape index (κ1) is 18.2. The minimum atomic E-state index is -0.115. The van der Waals surface area contributed by atoms with E-state index >= 15 is 0 Å². The number of carbonyl (C=O) groups excluding carboxylic acids is 1. The molecule has 142 valence electrons. The van der Waals surface area contributed by atoms with Gasteiger partial charge in [-0.25, -0.2) is 0 Å². The highest BCUT2D eigenvalue weighted by Gasteiger charge is 2.31. The van der Waals surface area contributed by atoms with Gasteiger partial charge in [0.15, 0.2) is 0 Å². The third-order valence-electron chi connectivity index (χ3n) is 5.79. The lowest BCUT2D eigenvalue weighted by Crippen LogP contribution is -2.49. The summed E-state index contributed by atoms with van der Waals surface area (Å²) in [4.78, 5) is 16.6. The Labute approximate surface area is 161 Å². The van der Waals surface area contributed by atoms with Gasteiger partial charge in [0.1, 0.15) is 0 Å². The molecule has 2 aliphatic rings. The summed E-state index contributed by atoms with van der Waals surface area (Å²) >= 11 is 0. The van der Waals surface area contributed by atoms with Crippen LogP contribution in [0.3, 0.4) is 0 Å². The molecule has 0 amide bonds. The Morgan fingerprint density at radius 3 is 2.04 bits per heavy atom. The molecule has 2 aromatic carbocycles. The molecular weight excluding hydrogens is 336 g/mol. The number of benzene rings is 2. The van der Waals surface area contributed by atoms with Crippen molar-refractivity contribution in [3.8, 4) is 0 Å². The quantitative estimate of drug-likeness (QED) is 0.781. The molecule has 1 fully saturated rings. The van der Waals surface area contributed by atoms with Crippen molar-refractivity contribution in [3.63, 3.8) is 0 Å². The van der Waals surface area contributed by atoms with E-state index in [0.717, 1.165) is 39.0 Å². The summed E-state index contributed by atoms with van der Waals surface area (Å²) in [5, 5.41) is 0. The Bertz CT molecular complexity index is 749. The van der Waals surface area contributed by atoms with E-state index in [1.165, 1.54) is 22.3 Å². The van der Waals surface area contributed by atoms with Crippen LogP contribution < -0.4 is 0 Å². The number of esters is 1. The third-order valence-corrected chi connectivity index (χ3v) is 5.79. The van der Waals surface area contributed by atoms with E-state index in [2.05, 4.69) is 58.3 Å². The fraction of sp³-hybridized carbons (Fsp3) is 0.435. The van der Waals surface area contributed by atoms with Gasteiger partial charge in [-0.15, -0.1) is 0 Å². The number of ether oxygens (including phenoxy) is 1. The van der Waals surface area contributed by atoms with Crippen LogP contribution in [0, 0.1) is 0 Å². The Morgan fingerprint density at radius 2 is 1.48 bits per heavy atom. The molecule has 4 heteroatoms. The minimum Gasteiger partial charge on any atom is -0.465 e. The van der Waals surface area contributed by atoms with E-state index in [1.54, 1.807) is 0 Å². The van der Waals surface area contributed by atoms with Gasteiger partial charge in [0.2, 0.25) is 0 Å². The molecule has 0 saturated carbocycles. The highest BCUT2D eigenvalue weighted by molar-refractivity contribution is 5.71. The van der Waals surface area contributed by atoms with Gasteiger partial charge < -0.3 is 4.74 Å². The van der Waals surface area contributed by atoms with Crippen molar-refractivity contribution in [2.45, 2.75) is 25.8 Å². The predicted octanol–water partition coefficient (Wildman–Crippen LogP) is 3.06. The van der Waals surface area contributed by atoms with Gasteiger partial charge in [0, 0.05) is 26.2 Å². The van der Waals surface area contributed by atoms with E-state index in [1.807, 2.05) is 6.92 Å². The highest BCUT2D eigenvalue weighted by Crippen LogP contribution is 2.37. The topological polar surface area (TPSA) is 32.8 Å². The van der Waals surface area contributed by atoms with Crippen molar-refractivity contribution < 1.29 is 9.53 Å². The molecule has 0 spiro atoms. The molecular formula is C23H28N2O2. The Hall–Kier alpha value is -2.17. The van der Waals surface area contributed by atoms with E-state index in [-0.39, 0.29) is 5.97 Å². The standard InChI is InChI=1S/C23H28N2O2/c1-2-27-22(26)17-24-13-15-25(16-14-24)23-20-9-5-3-7-18(20)11-12-19-8-4-6-10-21(19)23/h3-10,23H,2,11-17H2,1H3. The maximum absolute atomic E-state index is 11.8. The SMILES string of the molecule is CCOC(=O)CN1CCN(C2c3ccccc3CCc3ccccc32)CC1. The van der Waals surface area contributed by atoms with Crippen LogP contribution in [0.25, 0.3) is 0 Å². The predicted molar refractivity (Wildman–Crippen MR) is 107 cm³/mol. The first-order valence-corrected chi connectivity index (χ1v) is 10.0. The number of piperazine rings is 1. The molecule has 0 bridgehead atoms. The molecule has 1 aliphatic carbocycles. The third kappa shape index (κ3) is 3.92. The largest absolute Gasteiger partial charge is 0.465 e. The zero-order valence-electron chi connectivity index (χ0n) is 16.1. The summed E-state index contributed by atoms with van der Waals surface area (Å²) in [6, 6.07) is 18.1. The summed E-state index contributed by atoms with van der Waals surface area (Å²) in [5.41, 5.74) is 5.82. The van der Waals surface area contributed by atoms with Gasteiger partial charge in [-0.05, 0) is 42.0 Å².